The average molecular weight is 282 g/mol. The Hall–Kier alpha value is -1.95. The van der Waals surface area contributed by atoms with Crippen LogP contribution in [0.4, 0.5) is 0 Å². The number of carbonyl (C=O) groups excluding carboxylic acids is 1. The summed E-state index contributed by atoms with van der Waals surface area (Å²) in [5.41, 5.74) is 5.34. The van der Waals surface area contributed by atoms with Gasteiger partial charge in [0, 0.05) is 0 Å². The number of carbonyl (C=O) groups is 1. The highest BCUT2D eigenvalue weighted by Gasteiger charge is 2.18. The van der Waals surface area contributed by atoms with Gasteiger partial charge in [-0.1, -0.05) is 13.0 Å². The van der Waals surface area contributed by atoms with Gasteiger partial charge < -0.3 is 25.3 Å². The molecule has 1 aromatic rings. The molecule has 0 bridgehead atoms. The second kappa shape index (κ2) is 8.27. The Morgan fingerprint density at radius 3 is 2.35 bits per heavy atom. The van der Waals surface area contributed by atoms with Crippen LogP contribution in [0.3, 0.4) is 0 Å². The zero-order valence-corrected chi connectivity index (χ0v) is 12.1. The molecule has 112 valence electrons. The highest BCUT2D eigenvalue weighted by atomic mass is 16.5. The van der Waals surface area contributed by atoms with Crippen LogP contribution in [-0.2, 0) is 4.79 Å². The number of nitrogens with one attached hydrogen (secondary N) is 1. The van der Waals surface area contributed by atoms with E-state index < -0.39 is 11.9 Å². The standard InChI is InChI=1S/C14H22N2O4/c1-4-8-16-10(14(15)17)9-20-13-11(18-2)6-5-7-12(13)19-3/h5-7,10,16H,4,8-9H2,1-3H3,(H2,15,17). The zero-order valence-electron chi connectivity index (χ0n) is 12.1. The van der Waals surface area contributed by atoms with Crippen molar-refractivity contribution in [2.75, 3.05) is 27.4 Å². The number of para-hydroxylation sites is 1. The Bertz CT molecular complexity index is 415. The Labute approximate surface area is 119 Å². The number of primary amides is 1. The number of amides is 1. The van der Waals surface area contributed by atoms with Gasteiger partial charge in [0.1, 0.15) is 12.6 Å². The summed E-state index contributed by atoms with van der Waals surface area (Å²) in [6.45, 7) is 2.82. The molecule has 1 aromatic carbocycles. The third-order valence-electron chi connectivity index (χ3n) is 2.76. The third-order valence-corrected chi connectivity index (χ3v) is 2.76. The molecule has 0 spiro atoms. The summed E-state index contributed by atoms with van der Waals surface area (Å²) in [6, 6.07) is 4.77. The summed E-state index contributed by atoms with van der Waals surface area (Å²) in [5, 5.41) is 3.03. The molecule has 0 aromatic heterocycles. The van der Waals surface area contributed by atoms with E-state index in [1.807, 2.05) is 6.92 Å². The molecule has 0 saturated carbocycles. The van der Waals surface area contributed by atoms with Crippen LogP contribution < -0.4 is 25.3 Å². The lowest BCUT2D eigenvalue weighted by Gasteiger charge is -2.18. The molecule has 1 amide bonds. The predicted molar refractivity (Wildman–Crippen MR) is 76.3 cm³/mol. The minimum absolute atomic E-state index is 0.117. The van der Waals surface area contributed by atoms with E-state index in [9.17, 15) is 4.79 Å². The maximum Gasteiger partial charge on any atom is 0.238 e. The molecule has 3 N–H and O–H groups in total. The van der Waals surface area contributed by atoms with E-state index in [2.05, 4.69) is 5.32 Å². The summed E-state index contributed by atoms with van der Waals surface area (Å²) in [6.07, 6.45) is 0.905. The van der Waals surface area contributed by atoms with Gasteiger partial charge >= 0.3 is 0 Å². The first-order chi connectivity index (χ1) is 9.63. The number of rotatable bonds is 9. The maximum absolute atomic E-state index is 11.4. The topological polar surface area (TPSA) is 82.8 Å². The molecule has 1 atom stereocenters. The highest BCUT2D eigenvalue weighted by molar-refractivity contribution is 5.80. The van der Waals surface area contributed by atoms with Crippen molar-refractivity contribution in [3.8, 4) is 17.2 Å². The quantitative estimate of drug-likeness (QED) is 0.704. The zero-order chi connectivity index (χ0) is 15.0. The minimum atomic E-state index is -0.551. The van der Waals surface area contributed by atoms with Crippen LogP contribution in [0, 0.1) is 0 Å². The van der Waals surface area contributed by atoms with Crippen molar-refractivity contribution in [1.82, 2.24) is 5.32 Å². The molecule has 0 radical (unpaired) electrons. The van der Waals surface area contributed by atoms with E-state index in [1.54, 1.807) is 32.4 Å². The van der Waals surface area contributed by atoms with Crippen molar-refractivity contribution >= 4 is 5.91 Å². The lowest BCUT2D eigenvalue weighted by Crippen LogP contribution is -2.45. The van der Waals surface area contributed by atoms with Crippen molar-refractivity contribution in [1.29, 1.82) is 0 Å². The number of methoxy groups -OCH3 is 2. The Balaban J connectivity index is 2.78. The van der Waals surface area contributed by atoms with E-state index in [4.69, 9.17) is 19.9 Å². The van der Waals surface area contributed by atoms with Crippen LogP contribution in [0.2, 0.25) is 0 Å². The number of benzene rings is 1. The van der Waals surface area contributed by atoms with Crippen molar-refractivity contribution in [2.24, 2.45) is 5.73 Å². The highest BCUT2D eigenvalue weighted by Crippen LogP contribution is 2.36. The van der Waals surface area contributed by atoms with Gasteiger partial charge in [0.2, 0.25) is 11.7 Å². The molecule has 1 unspecified atom stereocenters. The second-order valence-corrected chi connectivity index (χ2v) is 4.21. The normalized spacial score (nSPS) is 11.8. The average Bonchev–Trinajstić information content (AvgIpc) is 2.46. The van der Waals surface area contributed by atoms with Crippen LogP contribution in [0.15, 0.2) is 18.2 Å². The molecule has 1 rings (SSSR count). The summed E-state index contributed by atoms with van der Waals surface area (Å²) < 4.78 is 16.1. The molecule has 0 saturated heterocycles. The Morgan fingerprint density at radius 2 is 1.90 bits per heavy atom. The number of hydrogen-bond donors (Lipinski definition) is 2. The summed E-state index contributed by atoms with van der Waals surface area (Å²) in [4.78, 5) is 11.4. The summed E-state index contributed by atoms with van der Waals surface area (Å²) in [7, 11) is 3.09. The van der Waals surface area contributed by atoms with Gasteiger partial charge in [-0.15, -0.1) is 0 Å². The van der Waals surface area contributed by atoms with Crippen molar-refractivity contribution in [3.05, 3.63) is 18.2 Å². The van der Waals surface area contributed by atoms with Crippen LogP contribution in [0.25, 0.3) is 0 Å². The smallest absolute Gasteiger partial charge is 0.238 e. The molecule has 6 nitrogen and oxygen atoms in total. The van der Waals surface area contributed by atoms with E-state index in [-0.39, 0.29) is 6.61 Å². The lowest BCUT2D eigenvalue weighted by molar-refractivity contribution is -0.120. The number of nitrogens with two attached hydrogens (primary N) is 1. The van der Waals surface area contributed by atoms with Gasteiger partial charge in [-0.3, -0.25) is 4.79 Å². The van der Waals surface area contributed by atoms with Crippen LogP contribution in [-0.4, -0.2) is 39.3 Å². The maximum atomic E-state index is 11.4. The lowest BCUT2D eigenvalue weighted by atomic mass is 10.2. The fourth-order valence-electron chi connectivity index (χ4n) is 1.69. The molecule has 6 heteroatoms. The van der Waals surface area contributed by atoms with Crippen LogP contribution >= 0.6 is 0 Å². The van der Waals surface area contributed by atoms with Gasteiger partial charge in [0.25, 0.3) is 0 Å². The van der Waals surface area contributed by atoms with E-state index in [0.29, 0.717) is 23.8 Å². The third kappa shape index (κ3) is 4.31. The molecule has 0 aliphatic rings. The summed E-state index contributed by atoms with van der Waals surface area (Å²) >= 11 is 0. The van der Waals surface area contributed by atoms with E-state index >= 15 is 0 Å². The van der Waals surface area contributed by atoms with Gasteiger partial charge in [0.05, 0.1) is 14.2 Å². The van der Waals surface area contributed by atoms with E-state index in [1.165, 1.54) is 0 Å². The van der Waals surface area contributed by atoms with Crippen molar-refractivity contribution < 1.29 is 19.0 Å². The number of hydrogen-bond acceptors (Lipinski definition) is 5. The van der Waals surface area contributed by atoms with Crippen LogP contribution in [0.5, 0.6) is 17.2 Å². The molecule has 0 heterocycles. The molecular formula is C14H22N2O4. The van der Waals surface area contributed by atoms with Crippen molar-refractivity contribution in [3.63, 3.8) is 0 Å². The Kier molecular flexibility index (Phi) is 6.66. The molecule has 0 aliphatic heterocycles. The Morgan fingerprint density at radius 1 is 1.30 bits per heavy atom. The molecule has 20 heavy (non-hydrogen) atoms. The van der Waals surface area contributed by atoms with Gasteiger partial charge in [-0.05, 0) is 25.1 Å². The SMILES string of the molecule is CCCNC(COc1c(OC)cccc1OC)C(N)=O. The van der Waals surface area contributed by atoms with Crippen molar-refractivity contribution in [2.45, 2.75) is 19.4 Å². The van der Waals surface area contributed by atoms with E-state index in [0.717, 1.165) is 6.42 Å². The van der Waals surface area contributed by atoms with Gasteiger partial charge in [-0.25, -0.2) is 0 Å². The first-order valence-electron chi connectivity index (χ1n) is 6.50. The largest absolute Gasteiger partial charge is 0.493 e. The van der Waals surface area contributed by atoms with Crippen LogP contribution in [0.1, 0.15) is 13.3 Å². The second-order valence-electron chi connectivity index (χ2n) is 4.21. The first-order valence-corrected chi connectivity index (χ1v) is 6.50. The number of ether oxygens (including phenoxy) is 3. The van der Waals surface area contributed by atoms with Gasteiger partial charge in [0.15, 0.2) is 11.5 Å². The molecular weight excluding hydrogens is 260 g/mol. The molecule has 0 aliphatic carbocycles. The van der Waals surface area contributed by atoms with Gasteiger partial charge in [-0.2, -0.15) is 0 Å². The monoisotopic (exact) mass is 282 g/mol. The predicted octanol–water partition coefficient (Wildman–Crippen LogP) is 0.936. The first kappa shape index (κ1) is 16.1. The summed E-state index contributed by atoms with van der Waals surface area (Å²) in [5.74, 6) is 1.10. The fraction of sp³-hybridized carbons (Fsp3) is 0.500. The minimum Gasteiger partial charge on any atom is -0.493 e. The molecule has 0 fully saturated rings. The fourth-order valence-corrected chi connectivity index (χ4v) is 1.69.